The Labute approximate surface area is 335 Å². The largest absolute Gasteiger partial charge is 0.479 e. The fourth-order valence-corrected chi connectivity index (χ4v) is 13.2. The molecule has 17 atom stereocenters. The third-order valence-electron chi connectivity index (χ3n) is 16.8. The molecule has 1 aliphatic heterocycles. The molecule has 6 rings (SSSR count). The zero-order valence-corrected chi connectivity index (χ0v) is 34.9. The molecule has 1 heterocycles. The van der Waals surface area contributed by atoms with Gasteiger partial charge in [-0.15, -0.1) is 0 Å². The van der Waals surface area contributed by atoms with Gasteiger partial charge in [-0.1, -0.05) is 59.3 Å². The van der Waals surface area contributed by atoms with Crippen molar-refractivity contribution in [2.45, 2.75) is 162 Å². The van der Waals surface area contributed by atoms with E-state index >= 15 is 0 Å². The summed E-state index contributed by atoms with van der Waals surface area (Å²) in [6.07, 6.45) is -4.98. The van der Waals surface area contributed by atoms with Gasteiger partial charge in [0.25, 0.3) is 0 Å². The number of hydrogen-bond acceptors (Lipinski definition) is 13. The molecule has 0 amide bonds. The zero-order chi connectivity index (χ0) is 42.4. The van der Waals surface area contributed by atoms with Crippen molar-refractivity contribution in [1.29, 1.82) is 0 Å². The van der Waals surface area contributed by atoms with Crippen molar-refractivity contribution in [3.05, 3.63) is 23.3 Å². The normalized spacial score (nSPS) is 49.2. The van der Waals surface area contributed by atoms with Gasteiger partial charge in [-0.3, -0.25) is 4.79 Å². The molecule has 0 aromatic rings. The fraction of sp³-hybridized carbons (Fsp3) is 0.837. The molecular formula is C43H66O14. The summed E-state index contributed by atoms with van der Waals surface area (Å²) >= 11 is 0. The van der Waals surface area contributed by atoms with E-state index in [0.717, 1.165) is 12.0 Å². The van der Waals surface area contributed by atoms with E-state index < -0.39 is 101 Å². The third kappa shape index (κ3) is 6.45. The Morgan fingerprint density at radius 3 is 2.18 bits per heavy atom. The Morgan fingerprint density at radius 2 is 1.58 bits per heavy atom. The van der Waals surface area contributed by atoms with Crippen LogP contribution in [0.5, 0.6) is 0 Å². The van der Waals surface area contributed by atoms with Gasteiger partial charge in [-0.05, 0) is 92.8 Å². The molecule has 7 N–H and O–H groups in total. The maximum atomic E-state index is 13.1. The number of carbonyl (C=O) groups is 3. The van der Waals surface area contributed by atoms with Gasteiger partial charge >= 0.3 is 17.9 Å². The smallest absolute Gasteiger partial charge is 0.335 e. The van der Waals surface area contributed by atoms with Crippen molar-refractivity contribution in [3.8, 4) is 0 Å². The predicted octanol–water partition coefficient (Wildman–Crippen LogP) is 3.03. The first-order valence-electron chi connectivity index (χ1n) is 20.6. The summed E-state index contributed by atoms with van der Waals surface area (Å²) in [6, 6.07) is 0. The Morgan fingerprint density at radius 1 is 0.912 bits per heavy atom. The first-order chi connectivity index (χ1) is 26.4. The van der Waals surface area contributed by atoms with E-state index in [1.807, 2.05) is 20.8 Å². The quantitative estimate of drug-likeness (QED) is 0.0810. The fourth-order valence-electron chi connectivity index (χ4n) is 13.2. The maximum Gasteiger partial charge on any atom is 0.335 e. The number of esters is 2. The summed E-state index contributed by atoms with van der Waals surface area (Å²) in [5.74, 6) is -3.00. The molecule has 0 radical (unpaired) electrons. The highest BCUT2D eigenvalue weighted by molar-refractivity contribution is 5.87. The zero-order valence-electron chi connectivity index (χ0n) is 34.9. The van der Waals surface area contributed by atoms with Crippen molar-refractivity contribution in [2.24, 2.45) is 50.2 Å². The molecule has 1 saturated heterocycles. The van der Waals surface area contributed by atoms with Gasteiger partial charge in [0.1, 0.15) is 37.1 Å². The van der Waals surface area contributed by atoms with Crippen LogP contribution in [-0.4, -0.2) is 122 Å². The highest BCUT2D eigenvalue weighted by Crippen LogP contribution is 2.76. The molecule has 0 aromatic carbocycles. The summed E-state index contributed by atoms with van der Waals surface area (Å²) in [5.41, 5.74) is -2.67. The van der Waals surface area contributed by atoms with Crippen LogP contribution >= 0.6 is 0 Å². The third-order valence-corrected chi connectivity index (χ3v) is 16.8. The molecule has 0 bridgehead atoms. The average Bonchev–Trinajstić information content (AvgIpc) is 3.13. The summed E-state index contributed by atoms with van der Waals surface area (Å²) in [6.45, 7) is 16.8. The predicted molar refractivity (Wildman–Crippen MR) is 204 cm³/mol. The number of fused-ring (bicyclic) bond motifs is 7. The van der Waals surface area contributed by atoms with Crippen molar-refractivity contribution in [2.75, 3.05) is 13.2 Å². The van der Waals surface area contributed by atoms with Crippen LogP contribution in [0.4, 0.5) is 0 Å². The molecule has 322 valence electrons. The first kappa shape index (κ1) is 44.1. The van der Waals surface area contributed by atoms with Crippen LogP contribution in [0.15, 0.2) is 23.3 Å². The van der Waals surface area contributed by atoms with E-state index in [1.54, 1.807) is 19.9 Å². The van der Waals surface area contributed by atoms with Gasteiger partial charge in [0.2, 0.25) is 0 Å². The Hall–Kier alpha value is -2.43. The van der Waals surface area contributed by atoms with E-state index in [2.05, 4.69) is 26.8 Å². The summed E-state index contributed by atoms with van der Waals surface area (Å²) in [4.78, 5) is 37.3. The lowest BCUT2D eigenvalue weighted by Crippen LogP contribution is -2.72. The number of hydrogen-bond donors (Lipinski definition) is 7. The molecule has 6 aliphatic rings. The van der Waals surface area contributed by atoms with Crippen LogP contribution < -0.4 is 0 Å². The minimum Gasteiger partial charge on any atom is -0.479 e. The van der Waals surface area contributed by atoms with E-state index in [4.69, 9.17) is 18.9 Å². The SMILES string of the molecule is CC=C(C)C(=O)O[C@H]1[C@H](O)[C@]2(COC(C)=O)[C@@H](O)C[C@]3(C)C(=CC[C@@H]4[C@@]5(C)CC[C@H](O[C@@H]6O[C@H](C(=O)O)[C@@H](O)[C@H](O)[C@H]6O)[C@@](C)(CO)[C@@H]5CC[C@]43C)[C@@H]2CC1(C)C. The standard InChI is InChI=1S/C43H66O14/c1-10-21(2)36(53)57-34-33(50)43(20-54-22(3)45)24(17-38(34,4)5)23-11-12-26-39(6)15-14-28(55-37-31(49)29(47)30(48)32(56-37)35(51)52)40(7,19-44)25(39)13-16-41(26,8)42(23,9)18-27(43)46/h10-11,24-34,37,44,46-50H,12-20H2,1-9H3,(H,51,52)/t24-,25+,26+,27-,28-,29-,30-,31+,32-,33-,34-,37+,39-,40-,41+,42+,43-/m0/s1. The monoisotopic (exact) mass is 806 g/mol. The Kier molecular flexibility index (Phi) is 11.6. The molecule has 14 heteroatoms. The molecule has 0 spiro atoms. The van der Waals surface area contributed by atoms with Crippen LogP contribution in [0.25, 0.3) is 0 Å². The number of aliphatic hydroxyl groups excluding tert-OH is 6. The lowest BCUT2D eigenvalue weighted by Gasteiger charge is -2.72. The second-order valence-corrected chi connectivity index (χ2v) is 20.0. The van der Waals surface area contributed by atoms with Crippen LogP contribution in [0.1, 0.15) is 107 Å². The van der Waals surface area contributed by atoms with Gasteiger partial charge in [0.05, 0.1) is 24.2 Å². The number of carboxylic acid groups (broad SMARTS) is 1. The van der Waals surface area contributed by atoms with Gasteiger partial charge in [-0.2, -0.15) is 0 Å². The molecule has 5 aliphatic carbocycles. The Balaban J connectivity index is 1.35. The lowest BCUT2D eigenvalue weighted by molar-refractivity contribution is -0.328. The van der Waals surface area contributed by atoms with E-state index in [9.17, 15) is 50.1 Å². The number of allylic oxidation sites excluding steroid dienone is 3. The molecule has 14 nitrogen and oxygen atoms in total. The highest BCUT2D eigenvalue weighted by Gasteiger charge is 2.73. The van der Waals surface area contributed by atoms with Gasteiger partial charge in [0, 0.05) is 23.3 Å². The Bertz CT molecular complexity index is 1660. The summed E-state index contributed by atoms with van der Waals surface area (Å²) < 4.78 is 23.5. The van der Waals surface area contributed by atoms with E-state index in [1.165, 1.54) is 6.92 Å². The highest BCUT2D eigenvalue weighted by atomic mass is 16.7. The van der Waals surface area contributed by atoms with Crippen molar-refractivity contribution < 1.29 is 69.1 Å². The number of aliphatic hydroxyl groups is 6. The molecular weight excluding hydrogens is 740 g/mol. The van der Waals surface area contributed by atoms with Gasteiger partial charge in [0.15, 0.2) is 12.4 Å². The lowest BCUT2D eigenvalue weighted by atomic mass is 9.33. The summed E-state index contributed by atoms with van der Waals surface area (Å²) in [5, 5.41) is 77.3. The van der Waals surface area contributed by atoms with Crippen LogP contribution in [0.2, 0.25) is 0 Å². The van der Waals surface area contributed by atoms with Gasteiger partial charge < -0.3 is 54.7 Å². The molecule has 5 fully saturated rings. The first-order valence-corrected chi connectivity index (χ1v) is 20.6. The number of aliphatic carboxylic acids is 1. The number of ether oxygens (including phenoxy) is 4. The molecule has 0 aromatic heterocycles. The van der Waals surface area contributed by atoms with Crippen molar-refractivity contribution >= 4 is 17.9 Å². The van der Waals surface area contributed by atoms with Crippen molar-refractivity contribution in [3.63, 3.8) is 0 Å². The van der Waals surface area contributed by atoms with Crippen LogP contribution in [0.3, 0.4) is 0 Å². The molecule has 4 saturated carbocycles. The van der Waals surface area contributed by atoms with Gasteiger partial charge in [-0.25, -0.2) is 9.59 Å². The second-order valence-electron chi connectivity index (χ2n) is 20.0. The molecule has 0 unspecified atom stereocenters. The topological polar surface area (TPSA) is 230 Å². The number of carbonyl (C=O) groups excluding carboxylic acids is 2. The van der Waals surface area contributed by atoms with Crippen molar-refractivity contribution in [1.82, 2.24) is 0 Å². The number of rotatable bonds is 8. The minimum atomic E-state index is -1.85. The second kappa shape index (κ2) is 14.9. The van der Waals surface area contributed by atoms with E-state index in [0.29, 0.717) is 37.7 Å². The maximum absolute atomic E-state index is 13.1. The van der Waals surface area contributed by atoms with Crippen LogP contribution in [-0.2, 0) is 33.3 Å². The van der Waals surface area contributed by atoms with Crippen LogP contribution in [0, 0.1) is 50.2 Å². The number of carboxylic acids is 1. The minimum absolute atomic E-state index is 0.0834. The molecule has 57 heavy (non-hydrogen) atoms. The van der Waals surface area contributed by atoms with E-state index in [-0.39, 0.29) is 42.3 Å². The average molecular weight is 807 g/mol. The summed E-state index contributed by atoms with van der Waals surface area (Å²) in [7, 11) is 0.